The molecule has 0 unspecified atom stereocenters. The molecule has 0 aliphatic rings. The first-order valence-corrected chi connectivity index (χ1v) is 7.39. The zero-order chi connectivity index (χ0) is 16.4. The van der Waals surface area contributed by atoms with Crippen LogP contribution in [0.3, 0.4) is 0 Å². The van der Waals surface area contributed by atoms with E-state index in [1.807, 2.05) is 26.0 Å². The third kappa shape index (κ3) is 2.98. The van der Waals surface area contributed by atoms with Crippen LogP contribution >= 0.6 is 0 Å². The van der Waals surface area contributed by atoms with Gasteiger partial charge in [-0.1, -0.05) is 25.1 Å². The molecule has 2 N–H and O–H groups in total. The average Bonchev–Trinajstić information content (AvgIpc) is 3.00. The number of benzene rings is 1. The summed E-state index contributed by atoms with van der Waals surface area (Å²) in [5.74, 6) is 0.0980. The number of nitrogens with one attached hydrogen (secondary N) is 2. The molecule has 3 rings (SSSR count). The Morgan fingerprint density at radius 1 is 1.30 bits per heavy atom. The summed E-state index contributed by atoms with van der Waals surface area (Å²) in [6, 6.07) is 9.00. The molecule has 0 fully saturated rings. The lowest BCUT2D eigenvalue weighted by Crippen LogP contribution is -2.30. The first kappa shape index (κ1) is 15.0. The van der Waals surface area contributed by atoms with Crippen molar-refractivity contribution in [3.05, 3.63) is 52.1 Å². The van der Waals surface area contributed by atoms with Crippen LogP contribution in [-0.4, -0.2) is 25.9 Å². The lowest BCUT2D eigenvalue weighted by molar-refractivity contribution is -0.117. The molecule has 0 bridgehead atoms. The molecule has 0 aliphatic heterocycles. The quantitative estimate of drug-likeness (QED) is 0.766. The molecule has 7 heteroatoms. The minimum Gasteiger partial charge on any atom is -0.308 e. The van der Waals surface area contributed by atoms with Crippen molar-refractivity contribution in [1.82, 2.24) is 20.0 Å². The number of anilines is 1. The maximum absolute atomic E-state index is 12.4. The Morgan fingerprint density at radius 2 is 2.04 bits per heavy atom. The summed E-state index contributed by atoms with van der Waals surface area (Å²) in [5, 5.41) is 15.0. The van der Waals surface area contributed by atoms with Crippen molar-refractivity contribution in [2.45, 2.75) is 26.8 Å². The smallest absolute Gasteiger partial charge is 0.275 e. The second kappa shape index (κ2) is 6.04. The molecule has 2 aromatic heterocycles. The van der Waals surface area contributed by atoms with Crippen LogP contribution < -0.4 is 10.9 Å². The predicted octanol–water partition coefficient (Wildman–Crippen LogP) is 1.63. The molecule has 0 atom stereocenters. The highest BCUT2D eigenvalue weighted by molar-refractivity contribution is 5.90. The Morgan fingerprint density at radius 3 is 2.74 bits per heavy atom. The van der Waals surface area contributed by atoms with Crippen LogP contribution in [0.15, 0.2) is 35.1 Å². The van der Waals surface area contributed by atoms with Gasteiger partial charge in [-0.15, -0.1) is 0 Å². The molecule has 3 aromatic rings. The lowest BCUT2D eigenvalue weighted by Gasteiger charge is -2.08. The van der Waals surface area contributed by atoms with E-state index in [1.165, 1.54) is 4.68 Å². The number of aryl methyl sites for hydroxylation is 2. The molecular weight excluding hydrogens is 294 g/mol. The Balaban J connectivity index is 1.85. The summed E-state index contributed by atoms with van der Waals surface area (Å²) in [4.78, 5) is 24.5. The van der Waals surface area contributed by atoms with Crippen molar-refractivity contribution in [3.8, 4) is 0 Å². The summed E-state index contributed by atoms with van der Waals surface area (Å²) < 4.78 is 1.18. The van der Waals surface area contributed by atoms with Crippen LogP contribution in [0.2, 0.25) is 0 Å². The van der Waals surface area contributed by atoms with Gasteiger partial charge in [0.25, 0.3) is 5.56 Å². The van der Waals surface area contributed by atoms with Crippen LogP contribution in [0.5, 0.6) is 0 Å². The number of fused-ring (bicyclic) bond motifs is 1. The number of nitrogens with zero attached hydrogens (tertiary/aromatic N) is 3. The highest BCUT2D eigenvalue weighted by atomic mass is 16.2. The standard InChI is InChI=1S/C16H17N5O2/c1-3-11-8-14(19-18-11)17-15(22)9-21-16(23)13-7-5-4-6-12(13)10(2)20-21/h4-8H,3,9H2,1-2H3,(H2,17,18,19,22). The molecule has 0 radical (unpaired) electrons. The zero-order valence-corrected chi connectivity index (χ0v) is 13.0. The molecule has 0 spiro atoms. The van der Waals surface area contributed by atoms with Gasteiger partial charge < -0.3 is 5.32 Å². The van der Waals surface area contributed by atoms with Gasteiger partial charge in [0.1, 0.15) is 6.54 Å². The number of rotatable bonds is 4. The number of hydrogen-bond donors (Lipinski definition) is 2. The van der Waals surface area contributed by atoms with Crippen molar-refractivity contribution in [1.29, 1.82) is 0 Å². The second-order valence-electron chi connectivity index (χ2n) is 5.27. The molecule has 2 heterocycles. The van der Waals surface area contributed by atoms with Crippen molar-refractivity contribution in [3.63, 3.8) is 0 Å². The molecule has 7 nitrogen and oxygen atoms in total. The summed E-state index contributed by atoms with van der Waals surface area (Å²) in [6.45, 7) is 3.65. The fourth-order valence-electron chi connectivity index (χ4n) is 2.44. The van der Waals surface area contributed by atoms with Gasteiger partial charge in [-0.2, -0.15) is 10.2 Å². The Labute approximate surface area is 132 Å². The largest absolute Gasteiger partial charge is 0.308 e. The fourth-order valence-corrected chi connectivity index (χ4v) is 2.44. The minimum atomic E-state index is -0.344. The maximum Gasteiger partial charge on any atom is 0.275 e. The number of amides is 1. The molecule has 1 amide bonds. The van der Waals surface area contributed by atoms with Gasteiger partial charge in [-0.3, -0.25) is 14.7 Å². The monoisotopic (exact) mass is 311 g/mol. The van der Waals surface area contributed by atoms with Gasteiger partial charge in [0.15, 0.2) is 5.82 Å². The van der Waals surface area contributed by atoms with E-state index in [0.717, 1.165) is 17.5 Å². The highest BCUT2D eigenvalue weighted by Gasteiger charge is 2.12. The van der Waals surface area contributed by atoms with E-state index in [9.17, 15) is 9.59 Å². The van der Waals surface area contributed by atoms with Gasteiger partial charge >= 0.3 is 0 Å². The maximum atomic E-state index is 12.4. The normalized spacial score (nSPS) is 10.9. The fraction of sp³-hybridized carbons (Fsp3) is 0.250. The molecular formula is C16H17N5O2. The second-order valence-corrected chi connectivity index (χ2v) is 5.27. The van der Waals surface area contributed by atoms with Gasteiger partial charge in [0.2, 0.25) is 5.91 Å². The van der Waals surface area contributed by atoms with E-state index in [4.69, 9.17) is 0 Å². The molecule has 0 saturated heterocycles. The number of carbonyl (C=O) groups is 1. The number of aromatic amines is 1. The summed E-state index contributed by atoms with van der Waals surface area (Å²) in [7, 11) is 0. The van der Waals surface area contributed by atoms with E-state index >= 15 is 0 Å². The Hall–Kier alpha value is -2.96. The SMILES string of the molecule is CCc1cc(NC(=O)Cn2nc(C)c3ccccc3c2=O)n[nH]1. The summed E-state index contributed by atoms with van der Waals surface area (Å²) in [5.41, 5.74) is 1.36. The Bertz CT molecular complexity index is 926. The average molecular weight is 311 g/mol. The number of hydrogen-bond acceptors (Lipinski definition) is 4. The molecule has 23 heavy (non-hydrogen) atoms. The number of aromatic nitrogens is 4. The summed E-state index contributed by atoms with van der Waals surface area (Å²) >= 11 is 0. The third-order valence-electron chi connectivity index (χ3n) is 3.63. The van der Waals surface area contributed by atoms with Crippen LogP contribution in [0.1, 0.15) is 18.3 Å². The van der Waals surface area contributed by atoms with Gasteiger partial charge in [-0.05, 0) is 19.4 Å². The van der Waals surface area contributed by atoms with E-state index < -0.39 is 0 Å². The van der Waals surface area contributed by atoms with Gasteiger partial charge in [0, 0.05) is 17.1 Å². The van der Waals surface area contributed by atoms with Crippen LogP contribution in [0, 0.1) is 6.92 Å². The van der Waals surface area contributed by atoms with Crippen molar-refractivity contribution < 1.29 is 4.79 Å². The van der Waals surface area contributed by atoms with E-state index in [1.54, 1.807) is 18.2 Å². The minimum absolute atomic E-state index is 0.154. The van der Waals surface area contributed by atoms with Crippen molar-refractivity contribution in [2.75, 3.05) is 5.32 Å². The van der Waals surface area contributed by atoms with E-state index in [2.05, 4.69) is 20.6 Å². The zero-order valence-electron chi connectivity index (χ0n) is 13.0. The first-order chi connectivity index (χ1) is 11.1. The number of carbonyl (C=O) groups excluding carboxylic acids is 1. The molecule has 118 valence electrons. The number of H-pyrrole nitrogens is 1. The van der Waals surface area contributed by atoms with Crippen LogP contribution in [-0.2, 0) is 17.8 Å². The van der Waals surface area contributed by atoms with E-state index in [-0.39, 0.29) is 18.0 Å². The molecule has 0 saturated carbocycles. The van der Waals surface area contributed by atoms with Crippen molar-refractivity contribution in [2.24, 2.45) is 0 Å². The summed E-state index contributed by atoms with van der Waals surface area (Å²) in [6.07, 6.45) is 0.799. The highest BCUT2D eigenvalue weighted by Crippen LogP contribution is 2.12. The first-order valence-electron chi connectivity index (χ1n) is 7.39. The predicted molar refractivity (Wildman–Crippen MR) is 87.3 cm³/mol. The molecule has 0 aliphatic carbocycles. The topological polar surface area (TPSA) is 92.7 Å². The van der Waals surface area contributed by atoms with E-state index in [0.29, 0.717) is 16.9 Å². The Kier molecular flexibility index (Phi) is 3.92. The van der Waals surface area contributed by atoms with Gasteiger partial charge in [-0.25, -0.2) is 4.68 Å². The van der Waals surface area contributed by atoms with Gasteiger partial charge in [0.05, 0.1) is 11.1 Å². The molecule has 1 aromatic carbocycles. The lowest BCUT2D eigenvalue weighted by atomic mass is 10.1. The van der Waals surface area contributed by atoms with Crippen molar-refractivity contribution >= 4 is 22.5 Å². The third-order valence-corrected chi connectivity index (χ3v) is 3.63. The van der Waals surface area contributed by atoms with Crippen LogP contribution in [0.4, 0.5) is 5.82 Å². The van der Waals surface area contributed by atoms with Crippen LogP contribution in [0.25, 0.3) is 10.8 Å².